The molecule has 0 saturated carbocycles. The second-order valence-electron chi connectivity index (χ2n) is 6.18. The number of aryl methyl sites for hydroxylation is 1. The molecule has 0 bridgehead atoms. The Kier molecular flexibility index (Phi) is 5.31. The molecule has 0 aliphatic heterocycles. The molecule has 0 atom stereocenters. The fourth-order valence-electron chi connectivity index (χ4n) is 3.26. The Morgan fingerprint density at radius 1 is 0.760 bits per heavy atom. The van der Waals surface area contributed by atoms with E-state index in [4.69, 9.17) is 0 Å². The number of hydrogen-bond acceptors (Lipinski definition) is 1. The average molecular weight is 349 g/mol. The molecule has 0 amide bonds. The molecular formula is C22H22O2P+. The van der Waals surface area contributed by atoms with Crippen LogP contribution in [0, 0.1) is 6.92 Å². The molecule has 0 spiro atoms. The summed E-state index contributed by atoms with van der Waals surface area (Å²) in [4.78, 5) is 11.4. The lowest BCUT2D eigenvalue weighted by Gasteiger charge is -2.27. The molecule has 3 aromatic carbocycles. The number of hydrogen-bond donors (Lipinski definition) is 1. The first kappa shape index (κ1) is 17.4. The van der Waals surface area contributed by atoms with Gasteiger partial charge in [-0.25, -0.2) is 0 Å². The van der Waals surface area contributed by atoms with Crippen LogP contribution in [0.15, 0.2) is 84.9 Å². The second-order valence-corrected chi connectivity index (χ2v) is 9.80. The van der Waals surface area contributed by atoms with Gasteiger partial charge in [0.1, 0.15) is 23.2 Å². The largest absolute Gasteiger partial charge is 0.481 e. The van der Waals surface area contributed by atoms with Gasteiger partial charge in [0.25, 0.3) is 0 Å². The van der Waals surface area contributed by atoms with Gasteiger partial charge < -0.3 is 5.11 Å². The predicted molar refractivity (Wildman–Crippen MR) is 107 cm³/mol. The minimum absolute atomic E-state index is 0.158. The van der Waals surface area contributed by atoms with Gasteiger partial charge in [-0.1, -0.05) is 54.1 Å². The zero-order valence-electron chi connectivity index (χ0n) is 14.3. The monoisotopic (exact) mass is 349 g/mol. The van der Waals surface area contributed by atoms with Gasteiger partial charge in [-0.05, 0) is 43.3 Å². The maximum Gasteiger partial charge on any atom is 0.307 e. The highest BCUT2D eigenvalue weighted by Crippen LogP contribution is 2.55. The summed E-state index contributed by atoms with van der Waals surface area (Å²) < 4.78 is 0. The van der Waals surface area contributed by atoms with Crippen LogP contribution in [0.25, 0.3) is 0 Å². The molecule has 25 heavy (non-hydrogen) atoms. The van der Waals surface area contributed by atoms with E-state index in [0.717, 1.165) is 0 Å². The highest BCUT2D eigenvalue weighted by atomic mass is 31.2. The Morgan fingerprint density at radius 2 is 1.20 bits per heavy atom. The van der Waals surface area contributed by atoms with Crippen LogP contribution in [-0.4, -0.2) is 17.2 Å². The van der Waals surface area contributed by atoms with E-state index in [1.807, 2.05) is 36.4 Å². The van der Waals surface area contributed by atoms with E-state index in [0.29, 0.717) is 6.16 Å². The van der Waals surface area contributed by atoms with Crippen LogP contribution in [-0.2, 0) is 4.79 Å². The molecule has 3 aromatic rings. The van der Waals surface area contributed by atoms with Crippen LogP contribution >= 0.6 is 7.26 Å². The Bertz CT molecular complexity index is 787. The highest BCUT2D eigenvalue weighted by molar-refractivity contribution is 7.95. The van der Waals surface area contributed by atoms with Crippen molar-refractivity contribution in [2.45, 2.75) is 13.3 Å². The molecule has 0 unspecified atom stereocenters. The van der Waals surface area contributed by atoms with E-state index < -0.39 is 13.2 Å². The Morgan fingerprint density at radius 3 is 1.64 bits per heavy atom. The standard InChI is InChI=1S/C22H21O2P/c1-18-12-14-21(15-13-18)25(17-16-22(23)24,19-8-4-2-5-9-19)20-10-6-3-7-11-20/h2-15H,16-17H2,1H3/p+1. The summed E-state index contributed by atoms with van der Waals surface area (Å²) in [6.45, 7) is 2.08. The molecule has 1 N–H and O–H groups in total. The predicted octanol–water partition coefficient (Wildman–Crippen LogP) is 3.76. The minimum atomic E-state index is -2.01. The summed E-state index contributed by atoms with van der Waals surface area (Å²) in [6, 6.07) is 29.3. The molecule has 0 aliphatic rings. The van der Waals surface area contributed by atoms with Crippen molar-refractivity contribution in [2.75, 3.05) is 6.16 Å². The van der Waals surface area contributed by atoms with Gasteiger partial charge in [0.05, 0.1) is 12.6 Å². The van der Waals surface area contributed by atoms with Crippen molar-refractivity contribution in [3.8, 4) is 0 Å². The van der Waals surface area contributed by atoms with Crippen molar-refractivity contribution in [1.29, 1.82) is 0 Å². The molecule has 0 aromatic heterocycles. The van der Waals surface area contributed by atoms with Crippen molar-refractivity contribution in [3.05, 3.63) is 90.5 Å². The van der Waals surface area contributed by atoms with E-state index >= 15 is 0 Å². The number of rotatable bonds is 6. The van der Waals surface area contributed by atoms with Gasteiger partial charge in [-0.2, -0.15) is 0 Å². The Balaban J connectivity index is 2.26. The number of carbonyl (C=O) groups is 1. The number of carboxylic acids is 1. The topological polar surface area (TPSA) is 37.3 Å². The van der Waals surface area contributed by atoms with E-state index in [1.165, 1.54) is 21.5 Å². The van der Waals surface area contributed by atoms with Crippen LogP contribution in [0.1, 0.15) is 12.0 Å². The maximum absolute atomic E-state index is 11.4. The van der Waals surface area contributed by atoms with Crippen LogP contribution in [0.4, 0.5) is 0 Å². The molecule has 0 aliphatic carbocycles. The van der Waals surface area contributed by atoms with E-state index in [9.17, 15) is 9.90 Å². The van der Waals surface area contributed by atoms with Crippen LogP contribution in [0.5, 0.6) is 0 Å². The van der Waals surface area contributed by atoms with Crippen LogP contribution in [0.2, 0.25) is 0 Å². The van der Waals surface area contributed by atoms with Crippen molar-refractivity contribution < 1.29 is 9.90 Å². The van der Waals surface area contributed by atoms with Gasteiger partial charge in [-0.15, -0.1) is 0 Å². The molecule has 3 rings (SSSR count). The van der Waals surface area contributed by atoms with Gasteiger partial charge >= 0.3 is 5.97 Å². The van der Waals surface area contributed by atoms with Crippen molar-refractivity contribution in [3.63, 3.8) is 0 Å². The first-order valence-electron chi connectivity index (χ1n) is 8.41. The molecule has 0 heterocycles. The average Bonchev–Trinajstić information content (AvgIpc) is 2.65. The SMILES string of the molecule is Cc1ccc([P+](CCC(=O)O)(c2ccccc2)c2ccccc2)cc1. The third-order valence-electron chi connectivity index (χ3n) is 4.53. The number of carboxylic acid groups (broad SMARTS) is 1. The molecule has 126 valence electrons. The normalized spacial score (nSPS) is 11.2. The van der Waals surface area contributed by atoms with Crippen molar-refractivity contribution in [1.82, 2.24) is 0 Å². The quantitative estimate of drug-likeness (QED) is 0.688. The molecule has 0 fully saturated rings. The third-order valence-corrected chi connectivity index (χ3v) is 8.96. The maximum atomic E-state index is 11.4. The van der Waals surface area contributed by atoms with E-state index in [1.54, 1.807) is 0 Å². The fourth-order valence-corrected chi connectivity index (χ4v) is 7.48. The van der Waals surface area contributed by atoms with Gasteiger partial charge in [0.15, 0.2) is 0 Å². The number of benzene rings is 3. The fraction of sp³-hybridized carbons (Fsp3) is 0.136. The lowest BCUT2D eigenvalue weighted by Crippen LogP contribution is -2.34. The van der Waals surface area contributed by atoms with Gasteiger partial charge in [-0.3, -0.25) is 4.79 Å². The smallest absolute Gasteiger partial charge is 0.307 e. The lowest BCUT2D eigenvalue weighted by atomic mass is 10.2. The molecule has 0 radical (unpaired) electrons. The lowest BCUT2D eigenvalue weighted by molar-refractivity contribution is -0.136. The Labute approximate surface area is 149 Å². The Hall–Kier alpha value is -2.44. The third kappa shape index (κ3) is 3.65. The van der Waals surface area contributed by atoms with Crippen LogP contribution in [0.3, 0.4) is 0 Å². The van der Waals surface area contributed by atoms with Gasteiger partial charge in [0.2, 0.25) is 0 Å². The molecule has 0 saturated heterocycles. The highest BCUT2D eigenvalue weighted by Gasteiger charge is 2.45. The van der Waals surface area contributed by atoms with E-state index in [-0.39, 0.29) is 6.42 Å². The summed E-state index contributed by atoms with van der Waals surface area (Å²) in [5.74, 6) is -0.747. The summed E-state index contributed by atoms with van der Waals surface area (Å²) in [6.07, 6.45) is 0.783. The van der Waals surface area contributed by atoms with E-state index in [2.05, 4.69) is 55.5 Å². The minimum Gasteiger partial charge on any atom is -0.481 e. The summed E-state index contributed by atoms with van der Waals surface area (Å²) in [5, 5.41) is 13.1. The zero-order valence-corrected chi connectivity index (χ0v) is 15.2. The first-order chi connectivity index (χ1) is 12.1. The number of aliphatic carboxylic acids is 1. The first-order valence-corrected chi connectivity index (χ1v) is 10.4. The summed E-state index contributed by atoms with van der Waals surface area (Å²) in [5.41, 5.74) is 1.21. The zero-order chi connectivity index (χ0) is 17.7. The molecule has 2 nitrogen and oxygen atoms in total. The summed E-state index contributed by atoms with van der Waals surface area (Å²) >= 11 is 0. The van der Waals surface area contributed by atoms with Crippen molar-refractivity contribution >= 4 is 29.1 Å². The molecule has 3 heteroatoms. The van der Waals surface area contributed by atoms with Crippen LogP contribution < -0.4 is 15.9 Å². The van der Waals surface area contributed by atoms with Crippen molar-refractivity contribution in [2.24, 2.45) is 0 Å². The molecular weight excluding hydrogens is 327 g/mol. The summed E-state index contributed by atoms with van der Waals surface area (Å²) in [7, 11) is -2.01. The second kappa shape index (κ2) is 7.63. The van der Waals surface area contributed by atoms with Gasteiger partial charge in [0, 0.05) is 0 Å².